The van der Waals surface area contributed by atoms with Crippen LogP contribution in [0.1, 0.15) is 33.3 Å². The van der Waals surface area contributed by atoms with Crippen LogP contribution in [0.4, 0.5) is 5.82 Å². The van der Waals surface area contributed by atoms with E-state index in [2.05, 4.69) is 4.98 Å². The number of carbonyl (C=O) groups excluding carboxylic acids is 2. The molecule has 0 bridgehead atoms. The second-order valence-electron chi connectivity index (χ2n) is 4.60. The molecule has 0 spiro atoms. The largest absolute Gasteiger partial charge is 2.00 e. The molecule has 1 aromatic carbocycles. The van der Waals surface area contributed by atoms with Crippen molar-refractivity contribution < 1.29 is 28.1 Å². The second kappa shape index (κ2) is 7.81. The van der Waals surface area contributed by atoms with Crippen LogP contribution in [0.3, 0.4) is 0 Å². The van der Waals surface area contributed by atoms with Crippen molar-refractivity contribution in [3.05, 3.63) is 79.2 Å². The summed E-state index contributed by atoms with van der Waals surface area (Å²) in [7, 11) is 0. The number of benzene rings is 1. The second-order valence-corrected chi connectivity index (χ2v) is 4.60. The van der Waals surface area contributed by atoms with Crippen molar-refractivity contribution in [2.24, 2.45) is 0 Å². The molecule has 0 fully saturated rings. The van der Waals surface area contributed by atoms with Crippen molar-refractivity contribution in [1.82, 2.24) is 4.98 Å². The van der Waals surface area contributed by atoms with Crippen molar-refractivity contribution in [3.8, 4) is 0 Å². The van der Waals surface area contributed by atoms with Gasteiger partial charge in [-0.15, -0.1) is 6.92 Å². The molecule has 0 unspecified atom stereocenters. The Bertz CT molecular complexity index is 721. The topological polar surface area (TPSA) is 50.3 Å². The summed E-state index contributed by atoms with van der Waals surface area (Å²) in [4.78, 5) is 30.2. The summed E-state index contributed by atoms with van der Waals surface area (Å²) in [5.74, 6) is -0.308. The number of rotatable bonds is 3. The summed E-state index contributed by atoms with van der Waals surface area (Å²) in [5.41, 5.74) is 1.54. The third-order valence-corrected chi connectivity index (χ3v) is 3.24. The smallest absolute Gasteiger partial charge is 0.358 e. The van der Waals surface area contributed by atoms with Crippen molar-refractivity contribution in [2.75, 3.05) is 4.90 Å². The Balaban J connectivity index is 0.00000132. The van der Waals surface area contributed by atoms with Crippen LogP contribution in [0.25, 0.3) is 6.08 Å². The van der Waals surface area contributed by atoms with Gasteiger partial charge in [-0.1, -0.05) is 24.3 Å². The average Bonchev–Trinajstić information content (AvgIpc) is 2.78. The maximum absolute atomic E-state index is 12.4. The minimum Gasteiger partial charge on any atom is -0.358 e. The fraction of sp³-hybridized carbons (Fsp3) is 0.0556. The van der Waals surface area contributed by atoms with E-state index < -0.39 is 0 Å². The molecule has 1 aliphatic rings. The van der Waals surface area contributed by atoms with E-state index >= 15 is 0 Å². The first-order valence-corrected chi connectivity index (χ1v) is 6.63. The molecule has 0 saturated heterocycles. The van der Waals surface area contributed by atoms with E-state index in [0.29, 0.717) is 22.6 Å². The molecule has 0 aliphatic carbocycles. The van der Waals surface area contributed by atoms with E-state index in [1.165, 1.54) is 0 Å². The van der Waals surface area contributed by atoms with Crippen molar-refractivity contribution >= 4 is 23.7 Å². The van der Waals surface area contributed by atoms with E-state index in [9.17, 15) is 9.59 Å². The van der Waals surface area contributed by atoms with E-state index in [1.54, 1.807) is 36.4 Å². The first kappa shape index (κ1) is 18.8. The van der Waals surface area contributed by atoms with Crippen LogP contribution in [-0.4, -0.2) is 16.8 Å². The summed E-state index contributed by atoms with van der Waals surface area (Å²) >= 11 is 0. The normalized spacial score (nSPS) is 12.7. The number of fused-ring (bicyclic) bond motifs is 1. The zero-order valence-corrected chi connectivity index (χ0v) is 14.3. The molecule has 1 radical (unpaired) electrons. The van der Waals surface area contributed by atoms with Gasteiger partial charge in [0.2, 0.25) is 0 Å². The van der Waals surface area contributed by atoms with Crippen LogP contribution in [0.5, 0.6) is 0 Å². The van der Waals surface area contributed by atoms with Gasteiger partial charge < -0.3 is 7.43 Å². The summed E-state index contributed by atoms with van der Waals surface area (Å²) < 4.78 is 0. The molecular weight excluding hydrogens is 327 g/mol. The molecule has 0 N–H and O–H groups in total. The molecule has 5 heteroatoms. The Morgan fingerprint density at radius 1 is 1.00 bits per heavy atom. The number of hydrogen-bond acceptors (Lipinski definition) is 3. The van der Waals surface area contributed by atoms with Crippen LogP contribution in [-0.2, 0) is 18.6 Å². The quantitative estimate of drug-likeness (QED) is 0.632. The summed E-state index contributed by atoms with van der Waals surface area (Å²) in [5, 5.41) is 0. The average molecular weight is 343 g/mol. The number of imide groups is 1. The van der Waals surface area contributed by atoms with Gasteiger partial charge in [-0.3, -0.25) is 9.59 Å². The van der Waals surface area contributed by atoms with Crippen molar-refractivity contribution in [2.45, 2.75) is 6.92 Å². The number of aromatic nitrogens is 1. The number of anilines is 1. The van der Waals surface area contributed by atoms with E-state index in [0.717, 1.165) is 4.90 Å². The van der Waals surface area contributed by atoms with Gasteiger partial charge in [0, 0.05) is 0 Å². The minimum atomic E-state index is -0.328. The fourth-order valence-electron chi connectivity index (χ4n) is 2.25. The number of hydrogen-bond donors (Lipinski definition) is 0. The first-order chi connectivity index (χ1) is 10.2. The van der Waals surface area contributed by atoms with Crippen molar-refractivity contribution in [1.29, 1.82) is 0 Å². The maximum atomic E-state index is 12.4. The molecule has 1 aromatic heterocycles. The predicted octanol–water partition coefficient (Wildman–Crippen LogP) is 3.57. The number of carbonyl (C=O) groups is 2. The van der Waals surface area contributed by atoms with Crippen LogP contribution in [0, 0.1) is 13.8 Å². The Labute approximate surface area is 148 Å². The Morgan fingerprint density at radius 3 is 2.17 bits per heavy atom. The Morgan fingerprint density at radius 2 is 1.61 bits per heavy atom. The molecule has 23 heavy (non-hydrogen) atoms. The van der Waals surface area contributed by atoms with Gasteiger partial charge >= 0.3 is 18.6 Å². The van der Waals surface area contributed by atoms with E-state index in [4.69, 9.17) is 0 Å². The molecule has 0 atom stereocenters. The van der Waals surface area contributed by atoms with E-state index in [-0.39, 0.29) is 37.8 Å². The molecule has 0 saturated carbocycles. The fourth-order valence-corrected chi connectivity index (χ4v) is 2.25. The third-order valence-electron chi connectivity index (χ3n) is 3.24. The summed E-state index contributed by atoms with van der Waals surface area (Å²) in [6.45, 7) is 1.91. The van der Waals surface area contributed by atoms with Crippen molar-refractivity contribution in [3.63, 3.8) is 0 Å². The van der Waals surface area contributed by atoms with Gasteiger partial charge in [-0.25, -0.2) is 22.4 Å². The van der Waals surface area contributed by atoms with Gasteiger partial charge in [-0.2, -0.15) is 6.08 Å². The Hall–Kier alpha value is -2.30. The van der Waals surface area contributed by atoms with Crippen LogP contribution >= 0.6 is 0 Å². The zero-order valence-electron chi connectivity index (χ0n) is 12.9. The molecule has 115 valence electrons. The number of allylic oxidation sites excluding steroid dienone is 1. The van der Waals surface area contributed by atoms with Gasteiger partial charge in [0.15, 0.2) is 0 Å². The molecule has 2 aromatic rings. The van der Waals surface area contributed by atoms with Crippen LogP contribution < -0.4 is 4.90 Å². The van der Waals surface area contributed by atoms with Crippen LogP contribution in [0.15, 0.2) is 48.5 Å². The molecule has 2 heterocycles. The molecule has 4 nitrogen and oxygen atoms in total. The van der Waals surface area contributed by atoms with Gasteiger partial charge in [0.25, 0.3) is 11.8 Å². The SMILES string of the molecule is C[CH-]/C=C/c1cccc(N2C(=O)c3ccccc3C2=O)n1.[CH3-].[V+2]. The minimum absolute atomic E-state index is 0. The first-order valence-electron chi connectivity index (χ1n) is 6.63. The molecular formula is C18H16N2O2V. The Kier molecular flexibility index (Phi) is 6.37. The molecule has 3 rings (SSSR count). The van der Waals surface area contributed by atoms with Gasteiger partial charge in [0.05, 0.1) is 11.1 Å². The van der Waals surface area contributed by atoms with Gasteiger partial charge in [0.1, 0.15) is 5.82 Å². The monoisotopic (exact) mass is 343 g/mol. The summed E-state index contributed by atoms with van der Waals surface area (Å²) in [6, 6.07) is 12.1. The van der Waals surface area contributed by atoms with Crippen LogP contribution in [0.2, 0.25) is 0 Å². The number of amides is 2. The molecule has 2 amide bonds. The predicted molar refractivity (Wildman–Crippen MR) is 87.2 cm³/mol. The van der Waals surface area contributed by atoms with E-state index in [1.807, 2.05) is 31.6 Å². The maximum Gasteiger partial charge on any atom is 2.00 e. The van der Waals surface area contributed by atoms with Gasteiger partial charge in [-0.05, 0) is 23.9 Å². The molecule has 1 aliphatic heterocycles. The summed E-state index contributed by atoms with van der Waals surface area (Å²) in [6.07, 6.45) is 5.56. The standard InChI is InChI=1S/C17H13N2O2.CH3.V/c1-2-3-7-12-8-6-11-15(18-12)19-16(20)13-9-4-5-10-14(13)17(19)21;;/h2-11H,1H3;1H3;/q2*-1;+2/b7-3+;;. The third kappa shape index (κ3) is 3.39. The number of nitrogens with zero attached hydrogens (tertiary/aromatic N) is 2. The number of pyridine rings is 1. The zero-order chi connectivity index (χ0) is 14.8.